The van der Waals surface area contributed by atoms with Crippen LogP contribution in [0.4, 0.5) is 16.4 Å². The molecule has 0 unspecified atom stereocenters. The lowest BCUT2D eigenvalue weighted by atomic mass is 10.2. The molecule has 3 heterocycles. The van der Waals surface area contributed by atoms with E-state index in [9.17, 15) is 14.7 Å². The molecule has 1 saturated heterocycles. The molecule has 0 atom stereocenters. The summed E-state index contributed by atoms with van der Waals surface area (Å²) in [5, 5.41) is 13.2. The molecule has 1 aliphatic rings. The number of carbonyl (C=O) groups is 2. The molecule has 10 nitrogen and oxygen atoms in total. The van der Waals surface area contributed by atoms with E-state index in [2.05, 4.69) is 10.1 Å². The fraction of sp³-hybridized carbons (Fsp3) is 0.429. The molecule has 0 aromatic carbocycles. The number of anilines is 2. The van der Waals surface area contributed by atoms with Gasteiger partial charge in [-0.2, -0.15) is 4.98 Å². The number of piperazine rings is 1. The topological polar surface area (TPSA) is 126 Å². The van der Waals surface area contributed by atoms with Crippen LogP contribution in [0.3, 0.4) is 0 Å². The van der Waals surface area contributed by atoms with Crippen LogP contribution in [0.1, 0.15) is 17.4 Å². The van der Waals surface area contributed by atoms with Crippen LogP contribution in [0, 0.1) is 0 Å². The molecule has 2 aromatic heterocycles. The van der Waals surface area contributed by atoms with Crippen LogP contribution in [-0.4, -0.2) is 69.5 Å². The second-order valence-electron chi connectivity index (χ2n) is 5.29. The van der Waals surface area contributed by atoms with Gasteiger partial charge in [0.25, 0.3) is 0 Å². The average molecular weight is 334 g/mol. The quantitative estimate of drug-likeness (QED) is 0.820. The zero-order valence-electron chi connectivity index (χ0n) is 13.2. The third kappa shape index (κ3) is 2.77. The van der Waals surface area contributed by atoms with Crippen LogP contribution in [0.25, 0.3) is 5.65 Å². The molecule has 3 rings (SSSR count). The minimum absolute atomic E-state index is 0.00936. The van der Waals surface area contributed by atoms with Crippen molar-refractivity contribution in [3.8, 4) is 0 Å². The van der Waals surface area contributed by atoms with Gasteiger partial charge in [-0.05, 0) is 19.1 Å². The van der Waals surface area contributed by atoms with Gasteiger partial charge in [0, 0.05) is 26.2 Å². The third-order valence-electron chi connectivity index (χ3n) is 3.85. The van der Waals surface area contributed by atoms with Gasteiger partial charge < -0.3 is 25.4 Å². The van der Waals surface area contributed by atoms with Crippen molar-refractivity contribution in [1.82, 2.24) is 19.5 Å². The maximum atomic E-state index is 11.8. The molecule has 0 spiro atoms. The minimum atomic E-state index is -1.11. The van der Waals surface area contributed by atoms with E-state index in [1.165, 1.54) is 10.6 Å². The van der Waals surface area contributed by atoms with Crippen molar-refractivity contribution in [3.05, 3.63) is 17.8 Å². The number of fused-ring (bicyclic) bond motifs is 1. The minimum Gasteiger partial charge on any atom is -0.477 e. The smallest absolute Gasteiger partial charge is 0.409 e. The number of pyridine rings is 1. The highest BCUT2D eigenvalue weighted by Crippen LogP contribution is 2.24. The van der Waals surface area contributed by atoms with E-state index in [4.69, 9.17) is 10.5 Å². The first-order chi connectivity index (χ1) is 11.5. The number of carboxylic acid groups (broad SMARTS) is 1. The van der Waals surface area contributed by atoms with Gasteiger partial charge in [-0.25, -0.2) is 14.1 Å². The predicted molar refractivity (Wildman–Crippen MR) is 85.2 cm³/mol. The number of hydrogen-bond acceptors (Lipinski definition) is 7. The Morgan fingerprint density at radius 3 is 2.62 bits per heavy atom. The maximum absolute atomic E-state index is 11.8. The normalized spacial score (nSPS) is 14.9. The van der Waals surface area contributed by atoms with Crippen molar-refractivity contribution < 1.29 is 19.4 Å². The van der Waals surface area contributed by atoms with Gasteiger partial charge in [-0.15, -0.1) is 5.10 Å². The fourth-order valence-corrected chi connectivity index (χ4v) is 2.72. The Morgan fingerprint density at radius 1 is 1.29 bits per heavy atom. The van der Waals surface area contributed by atoms with Crippen molar-refractivity contribution >= 4 is 29.3 Å². The van der Waals surface area contributed by atoms with E-state index < -0.39 is 5.97 Å². The Labute approximate surface area is 137 Å². The summed E-state index contributed by atoms with van der Waals surface area (Å²) in [5.41, 5.74) is 6.73. The molecule has 0 saturated carbocycles. The number of ether oxygens (including phenoxy) is 1. The summed E-state index contributed by atoms with van der Waals surface area (Å²) in [6.07, 6.45) is -0.324. The maximum Gasteiger partial charge on any atom is 0.409 e. The molecule has 0 bridgehead atoms. The lowest BCUT2D eigenvalue weighted by molar-refractivity contribution is 0.0687. The number of carboxylic acids is 1. The highest BCUT2D eigenvalue weighted by atomic mass is 16.6. The van der Waals surface area contributed by atoms with E-state index in [0.29, 0.717) is 38.4 Å². The molecule has 24 heavy (non-hydrogen) atoms. The SMILES string of the molecule is CCOC(=O)N1CCN(c2ccc(C(=O)O)n3nc(N)nc23)CC1. The summed E-state index contributed by atoms with van der Waals surface area (Å²) in [5.74, 6) is -1.10. The zero-order chi connectivity index (χ0) is 17.3. The lowest BCUT2D eigenvalue weighted by Crippen LogP contribution is -2.49. The molecule has 10 heteroatoms. The van der Waals surface area contributed by atoms with Crippen molar-refractivity contribution in [3.63, 3.8) is 0 Å². The van der Waals surface area contributed by atoms with E-state index in [1.807, 2.05) is 4.90 Å². The Hall–Kier alpha value is -3.04. The van der Waals surface area contributed by atoms with E-state index in [0.717, 1.165) is 5.69 Å². The number of aromatic nitrogens is 3. The monoisotopic (exact) mass is 334 g/mol. The Morgan fingerprint density at radius 2 is 2.00 bits per heavy atom. The molecule has 1 aliphatic heterocycles. The number of carbonyl (C=O) groups excluding carboxylic acids is 1. The lowest BCUT2D eigenvalue weighted by Gasteiger charge is -2.35. The van der Waals surface area contributed by atoms with Crippen molar-refractivity contribution in [1.29, 1.82) is 0 Å². The first-order valence-electron chi connectivity index (χ1n) is 7.56. The highest BCUT2D eigenvalue weighted by molar-refractivity contribution is 5.88. The molecular formula is C14H18N6O4. The second kappa shape index (κ2) is 6.22. The fourth-order valence-electron chi connectivity index (χ4n) is 2.72. The van der Waals surface area contributed by atoms with Crippen LogP contribution in [0.15, 0.2) is 12.1 Å². The average Bonchev–Trinajstić information content (AvgIpc) is 2.95. The molecule has 128 valence electrons. The molecule has 0 radical (unpaired) electrons. The first kappa shape index (κ1) is 15.8. The largest absolute Gasteiger partial charge is 0.477 e. The van der Waals surface area contributed by atoms with Gasteiger partial charge in [-0.1, -0.05) is 0 Å². The van der Waals surface area contributed by atoms with Gasteiger partial charge in [0.1, 0.15) is 0 Å². The zero-order valence-corrected chi connectivity index (χ0v) is 13.2. The van der Waals surface area contributed by atoms with Crippen molar-refractivity contribution in [2.45, 2.75) is 6.92 Å². The standard InChI is InChI=1S/C14H18N6O4/c1-2-24-14(23)19-7-5-18(6-8-19)9-3-4-10(12(21)22)20-11(9)16-13(15)17-20/h3-4H,2,5-8H2,1H3,(H2,15,17)(H,21,22). The third-order valence-corrected chi connectivity index (χ3v) is 3.85. The van der Waals surface area contributed by atoms with Crippen molar-refractivity contribution in [2.24, 2.45) is 0 Å². The van der Waals surface area contributed by atoms with E-state index in [-0.39, 0.29) is 17.7 Å². The van der Waals surface area contributed by atoms with Gasteiger partial charge in [0.15, 0.2) is 11.3 Å². The number of nitrogens with zero attached hydrogens (tertiary/aromatic N) is 5. The van der Waals surface area contributed by atoms with Crippen LogP contribution in [-0.2, 0) is 4.74 Å². The Bertz CT molecular complexity index is 781. The molecule has 0 aliphatic carbocycles. The van der Waals surface area contributed by atoms with Crippen LogP contribution < -0.4 is 10.6 Å². The summed E-state index contributed by atoms with van der Waals surface area (Å²) >= 11 is 0. The van der Waals surface area contributed by atoms with Crippen LogP contribution in [0.2, 0.25) is 0 Å². The predicted octanol–water partition coefficient (Wildman–Crippen LogP) is 0.288. The van der Waals surface area contributed by atoms with Crippen molar-refractivity contribution in [2.75, 3.05) is 43.4 Å². The summed E-state index contributed by atoms with van der Waals surface area (Å²) in [6.45, 7) is 4.28. The Balaban J connectivity index is 1.85. The van der Waals surface area contributed by atoms with Gasteiger partial charge in [0.2, 0.25) is 5.95 Å². The van der Waals surface area contributed by atoms with Crippen LogP contribution >= 0.6 is 0 Å². The summed E-state index contributed by atoms with van der Waals surface area (Å²) in [6, 6.07) is 3.16. The number of nitrogens with two attached hydrogens (primary N) is 1. The second-order valence-corrected chi connectivity index (χ2v) is 5.29. The number of hydrogen-bond donors (Lipinski definition) is 2. The molecule has 2 aromatic rings. The number of rotatable bonds is 3. The first-order valence-corrected chi connectivity index (χ1v) is 7.56. The Kier molecular flexibility index (Phi) is 4.11. The number of amides is 1. The molecule has 1 amide bonds. The summed E-state index contributed by atoms with van der Waals surface area (Å²) in [7, 11) is 0. The summed E-state index contributed by atoms with van der Waals surface area (Å²) in [4.78, 5) is 30.8. The highest BCUT2D eigenvalue weighted by Gasteiger charge is 2.25. The van der Waals surface area contributed by atoms with Gasteiger partial charge >= 0.3 is 12.1 Å². The number of aromatic carboxylic acids is 1. The molecule has 3 N–H and O–H groups in total. The van der Waals surface area contributed by atoms with E-state index in [1.54, 1.807) is 17.9 Å². The van der Waals surface area contributed by atoms with Gasteiger partial charge in [0.05, 0.1) is 12.3 Å². The van der Waals surface area contributed by atoms with E-state index >= 15 is 0 Å². The molecular weight excluding hydrogens is 316 g/mol. The number of nitrogen functional groups attached to an aromatic ring is 1. The summed E-state index contributed by atoms with van der Waals surface area (Å²) < 4.78 is 6.23. The van der Waals surface area contributed by atoms with Crippen LogP contribution in [0.5, 0.6) is 0 Å². The molecule has 1 fully saturated rings. The van der Waals surface area contributed by atoms with Gasteiger partial charge in [-0.3, -0.25) is 0 Å².